The Kier molecular flexibility index (Phi) is 5.64. The molecule has 2 aliphatic carbocycles. The maximum Gasteiger partial charge on any atom is 0.237 e. The maximum atomic E-state index is 12.4. The first-order chi connectivity index (χ1) is 15.2. The number of rotatable bonds is 7. The number of hydrogen-bond donors (Lipinski definition) is 3. The van der Waals surface area contributed by atoms with Crippen LogP contribution in [0.1, 0.15) is 62.0 Å². The van der Waals surface area contributed by atoms with Crippen LogP contribution in [0.2, 0.25) is 0 Å². The summed E-state index contributed by atoms with van der Waals surface area (Å²) in [5.74, 6) is 2.15. The quantitative estimate of drug-likeness (QED) is 0.525. The van der Waals surface area contributed by atoms with Crippen LogP contribution in [-0.2, 0) is 11.2 Å². The number of benzene rings is 1. The van der Waals surface area contributed by atoms with Crippen molar-refractivity contribution in [1.82, 2.24) is 15.3 Å². The molecule has 31 heavy (non-hydrogen) atoms. The summed E-state index contributed by atoms with van der Waals surface area (Å²) in [7, 11) is 0. The number of nitrogens with one attached hydrogen (secondary N) is 2. The van der Waals surface area contributed by atoms with E-state index in [1.54, 1.807) is 6.20 Å². The van der Waals surface area contributed by atoms with Crippen molar-refractivity contribution < 1.29 is 9.53 Å². The van der Waals surface area contributed by atoms with Crippen LogP contribution in [0.25, 0.3) is 11.0 Å². The number of nitrogens with two attached hydrogens (primary N) is 1. The summed E-state index contributed by atoms with van der Waals surface area (Å²) < 4.78 is 6.21. The van der Waals surface area contributed by atoms with Gasteiger partial charge in [0.15, 0.2) is 0 Å². The number of carbonyl (C=O) groups is 1. The van der Waals surface area contributed by atoms with Gasteiger partial charge in [0.05, 0.1) is 11.4 Å². The Balaban J connectivity index is 1.23. The SMILES string of the molecule is NC(Cc1ccc(Oc2ccnc3[nH]cc(C4CC4)c23)cc1)C(=O)NC1CCCCC1. The number of nitrogens with zero attached hydrogens (tertiary/aromatic N) is 1. The maximum absolute atomic E-state index is 12.4. The zero-order valence-corrected chi connectivity index (χ0v) is 17.8. The molecule has 1 amide bonds. The third-order valence-corrected chi connectivity index (χ3v) is 6.48. The van der Waals surface area contributed by atoms with Crippen molar-refractivity contribution in [3.05, 3.63) is 53.9 Å². The minimum atomic E-state index is -0.533. The Bertz CT molecular complexity index is 1050. The van der Waals surface area contributed by atoms with Crippen LogP contribution in [-0.4, -0.2) is 28.0 Å². The van der Waals surface area contributed by atoms with Gasteiger partial charge in [-0.3, -0.25) is 4.79 Å². The van der Waals surface area contributed by atoms with E-state index in [9.17, 15) is 4.79 Å². The van der Waals surface area contributed by atoms with Crippen LogP contribution in [0.3, 0.4) is 0 Å². The van der Waals surface area contributed by atoms with Gasteiger partial charge in [-0.2, -0.15) is 0 Å². The number of H-pyrrole nitrogens is 1. The topological polar surface area (TPSA) is 93.0 Å². The van der Waals surface area contributed by atoms with Gasteiger partial charge in [0, 0.05) is 18.4 Å². The third kappa shape index (κ3) is 4.59. The van der Waals surface area contributed by atoms with Crippen molar-refractivity contribution in [2.45, 2.75) is 69.4 Å². The van der Waals surface area contributed by atoms with Gasteiger partial charge in [-0.25, -0.2) is 4.98 Å². The van der Waals surface area contributed by atoms with E-state index in [1.165, 1.54) is 37.7 Å². The van der Waals surface area contributed by atoms with E-state index in [4.69, 9.17) is 10.5 Å². The summed E-state index contributed by atoms with van der Waals surface area (Å²) in [6, 6.07) is 9.53. The number of pyridine rings is 1. The summed E-state index contributed by atoms with van der Waals surface area (Å²) in [5.41, 5.74) is 9.36. The number of hydrogen-bond acceptors (Lipinski definition) is 4. The molecule has 0 aliphatic heterocycles. The molecule has 6 heteroatoms. The number of ether oxygens (including phenoxy) is 1. The van der Waals surface area contributed by atoms with Gasteiger partial charge in [0.1, 0.15) is 17.1 Å². The molecule has 0 spiro atoms. The Morgan fingerprint density at radius 3 is 2.65 bits per heavy atom. The van der Waals surface area contributed by atoms with Crippen LogP contribution in [0.15, 0.2) is 42.7 Å². The summed E-state index contributed by atoms with van der Waals surface area (Å²) in [4.78, 5) is 20.1. The van der Waals surface area contributed by atoms with E-state index in [2.05, 4.69) is 21.5 Å². The lowest BCUT2D eigenvalue weighted by Gasteiger charge is -2.24. The minimum absolute atomic E-state index is 0.0496. The Labute approximate surface area is 182 Å². The van der Waals surface area contributed by atoms with Crippen molar-refractivity contribution in [3.63, 3.8) is 0 Å². The third-order valence-electron chi connectivity index (χ3n) is 6.48. The van der Waals surface area contributed by atoms with Gasteiger partial charge in [0.2, 0.25) is 5.91 Å². The fraction of sp³-hybridized carbons (Fsp3) is 0.440. The average molecular weight is 419 g/mol. The summed E-state index contributed by atoms with van der Waals surface area (Å²) >= 11 is 0. The van der Waals surface area contributed by atoms with Gasteiger partial charge < -0.3 is 20.8 Å². The Hall–Kier alpha value is -2.86. The van der Waals surface area contributed by atoms with E-state index < -0.39 is 6.04 Å². The predicted octanol–water partition coefficient (Wildman–Crippen LogP) is 4.55. The average Bonchev–Trinajstić information content (AvgIpc) is 3.54. The van der Waals surface area contributed by atoms with Gasteiger partial charge in [-0.1, -0.05) is 31.4 Å². The molecule has 6 nitrogen and oxygen atoms in total. The highest BCUT2D eigenvalue weighted by molar-refractivity contribution is 5.87. The first kappa shape index (κ1) is 20.1. The molecular weight excluding hydrogens is 388 g/mol. The molecule has 4 N–H and O–H groups in total. The predicted molar refractivity (Wildman–Crippen MR) is 121 cm³/mol. The molecule has 5 rings (SSSR count). The molecule has 0 bridgehead atoms. The standard InChI is InChI=1S/C25H30N4O2/c26-21(25(30)29-18-4-2-1-3-5-18)14-16-6-10-19(11-7-16)31-22-12-13-27-24-23(22)20(15-28-24)17-8-9-17/h6-7,10-13,15,17-18,21H,1-5,8-9,14,26H2,(H,27,28)(H,29,30). The number of aromatic nitrogens is 2. The highest BCUT2D eigenvalue weighted by atomic mass is 16.5. The van der Waals surface area contributed by atoms with Crippen molar-refractivity contribution in [2.24, 2.45) is 5.73 Å². The first-order valence-electron chi connectivity index (χ1n) is 11.5. The normalized spacial score (nSPS) is 18.1. The molecule has 1 aromatic carbocycles. The molecule has 2 aromatic heterocycles. The number of carbonyl (C=O) groups excluding carboxylic acids is 1. The van der Waals surface area contributed by atoms with Crippen molar-refractivity contribution >= 4 is 16.9 Å². The monoisotopic (exact) mass is 418 g/mol. The molecule has 162 valence electrons. The van der Waals surface area contributed by atoms with E-state index >= 15 is 0 Å². The van der Waals surface area contributed by atoms with Crippen molar-refractivity contribution in [3.8, 4) is 11.5 Å². The smallest absolute Gasteiger partial charge is 0.237 e. The molecule has 2 saturated carbocycles. The van der Waals surface area contributed by atoms with E-state index in [0.29, 0.717) is 12.3 Å². The van der Waals surface area contributed by atoms with Crippen LogP contribution in [0, 0.1) is 0 Å². The fourth-order valence-corrected chi connectivity index (χ4v) is 4.57. The van der Waals surface area contributed by atoms with Crippen molar-refractivity contribution in [2.75, 3.05) is 0 Å². The highest BCUT2D eigenvalue weighted by Gasteiger charge is 2.28. The van der Waals surface area contributed by atoms with Gasteiger partial charge in [0.25, 0.3) is 0 Å². The van der Waals surface area contributed by atoms with E-state index in [-0.39, 0.29) is 11.9 Å². The lowest BCUT2D eigenvalue weighted by atomic mass is 9.95. The fourth-order valence-electron chi connectivity index (χ4n) is 4.57. The lowest BCUT2D eigenvalue weighted by Crippen LogP contribution is -2.46. The van der Waals surface area contributed by atoms with Gasteiger partial charge in [-0.15, -0.1) is 0 Å². The summed E-state index contributed by atoms with van der Waals surface area (Å²) in [6.45, 7) is 0. The zero-order chi connectivity index (χ0) is 21.2. The Morgan fingerprint density at radius 1 is 1.13 bits per heavy atom. The molecule has 2 heterocycles. The number of fused-ring (bicyclic) bond motifs is 1. The molecule has 1 atom stereocenters. The first-order valence-corrected chi connectivity index (χ1v) is 11.5. The summed E-state index contributed by atoms with van der Waals surface area (Å²) in [5, 5.41) is 4.20. The summed E-state index contributed by atoms with van der Waals surface area (Å²) in [6.07, 6.45) is 12.6. The highest BCUT2D eigenvalue weighted by Crippen LogP contribution is 2.45. The van der Waals surface area contributed by atoms with Crippen LogP contribution in [0.5, 0.6) is 11.5 Å². The largest absolute Gasteiger partial charge is 0.457 e. The number of aromatic amines is 1. The van der Waals surface area contributed by atoms with E-state index in [0.717, 1.165) is 40.9 Å². The minimum Gasteiger partial charge on any atom is -0.457 e. The van der Waals surface area contributed by atoms with Crippen LogP contribution < -0.4 is 15.8 Å². The second kappa shape index (κ2) is 8.71. The zero-order valence-electron chi connectivity index (χ0n) is 17.8. The molecule has 0 radical (unpaired) electrons. The lowest BCUT2D eigenvalue weighted by molar-refractivity contribution is -0.123. The second-order valence-electron chi connectivity index (χ2n) is 8.95. The Morgan fingerprint density at radius 2 is 1.90 bits per heavy atom. The molecule has 2 fully saturated rings. The molecule has 1 unspecified atom stereocenters. The molecule has 0 saturated heterocycles. The number of amides is 1. The van der Waals surface area contributed by atoms with Gasteiger partial charge in [-0.05, 0) is 67.3 Å². The van der Waals surface area contributed by atoms with Gasteiger partial charge >= 0.3 is 0 Å². The second-order valence-corrected chi connectivity index (χ2v) is 8.95. The van der Waals surface area contributed by atoms with E-state index in [1.807, 2.05) is 30.3 Å². The molecule has 3 aromatic rings. The molecular formula is C25H30N4O2. The molecule has 2 aliphatic rings. The van der Waals surface area contributed by atoms with Crippen LogP contribution >= 0.6 is 0 Å². The van der Waals surface area contributed by atoms with Crippen LogP contribution in [0.4, 0.5) is 0 Å². The van der Waals surface area contributed by atoms with Crippen molar-refractivity contribution in [1.29, 1.82) is 0 Å².